The first-order valence-corrected chi connectivity index (χ1v) is 6.58. The number of aromatic hydroxyl groups is 1. The molecule has 3 nitrogen and oxygen atoms in total. The zero-order valence-corrected chi connectivity index (χ0v) is 12.0. The Kier molecular flexibility index (Phi) is 3.79. The fraction of sp³-hybridized carbons (Fsp3) is 0.235. The normalized spacial score (nSPS) is 11.2. The third kappa shape index (κ3) is 3.38. The van der Waals surface area contributed by atoms with Crippen LogP contribution in [0, 0.1) is 0 Å². The molecule has 0 aliphatic carbocycles. The maximum absolute atomic E-state index is 12.2. The maximum Gasteiger partial charge on any atom is 0.251 e. The van der Waals surface area contributed by atoms with E-state index in [4.69, 9.17) is 0 Å². The van der Waals surface area contributed by atoms with Crippen molar-refractivity contribution in [3.8, 4) is 16.9 Å². The molecule has 0 saturated carbocycles. The molecule has 0 unspecified atom stereocenters. The zero-order valence-electron chi connectivity index (χ0n) is 12.0. The highest BCUT2D eigenvalue weighted by Crippen LogP contribution is 2.29. The average Bonchev–Trinajstić information content (AvgIpc) is 2.38. The third-order valence-corrected chi connectivity index (χ3v) is 2.83. The van der Waals surface area contributed by atoms with Crippen LogP contribution in [0.1, 0.15) is 31.1 Å². The lowest BCUT2D eigenvalue weighted by Crippen LogP contribution is -2.40. The summed E-state index contributed by atoms with van der Waals surface area (Å²) in [7, 11) is 0. The molecule has 1 amide bonds. The van der Waals surface area contributed by atoms with Gasteiger partial charge in [0, 0.05) is 16.7 Å². The fourth-order valence-electron chi connectivity index (χ4n) is 1.94. The van der Waals surface area contributed by atoms with Gasteiger partial charge in [0.1, 0.15) is 5.75 Å². The van der Waals surface area contributed by atoms with Crippen molar-refractivity contribution in [1.29, 1.82) is 0 Å². The van der Waals surface area contributed by atoms with Gasteiger partial charge in [-0.25, -0.2) is 0 Å². The lowest BCUT2D eigenvalue weighted by atomic mass is 10.0. The van der Waals surface area contributed by atoms with Crippen molar-refractivity contribution in [3.05, 3.63) is 54.1 Å². The summed E-state index contributed by atoms with van der Waals surface area (Å²) in [6.07, 6.45) is 0. The number of rotatable bonds is 2. The average molecular weight is 269 g/mol. The van der Waals surface area contributed by atoms with Gasteiger partial charge in [0.2, 0.25) is 0 Å². The van der Waals surface area contributed by atoms with Crippen LogP contribution < -0.4 is 5.32 Å². The first-order valence-electron chi connectivity index (χ1n) is 6.58. The predicted molar refractivity (Wildman–Crippen MR) is 80.8 cm³/mol. The Hall–Kier alpha value is -2.29. The molecule has 3 heteroatoms. The fourth-order valence-corrected chi connectivity index (χ4v) is 1.94. The molecule has 2 aromatic carbocycles. The van der Waals surface area contributed by atoms with Crippen molar-refractivity contribution in [1.82, 2.24) is 5.32 Å². The topological polar surface area (TPSA) is 49.3 Å². The van der Waals surface area contributed by atoms with Gasteiger partial charge in [0.05, 0.1) is 0 Å². The van der Waals surface area contributed by atoms with Crippen LogP contribution in [0.2, 0.25) is 0 Å². The van der Waals surface area contributed by atoms with Crippen LogP contribution in [-0.2, 0) is 0 Å². The molecule has 2 N–H and O–H groups in total. The highest BCUT2D eigenvalue weighted by atomic mass is 16.3. The molecule has 0 bridgehead atoms. The first kappa shape index (κ1) is 14.1. The van der Waals surface area contributed by atoms with Crippen molar-refractivity contribution in [2.45, 2.75) is 26.3 Å². The summed E-state index contributed by atoms with van der Waals surface area (Å²) in [5.41, 5.74) is 1.79. The molecule has 0 saturated heterocycles. The number of hydrogen-bond acceptors (Lipinski definition) is 2. The van der Waals surface area contributed by atoms with E-state index in [1.165, 1.54) is 0 Å². The Balaban J connectivity index is 2.37. The number of amides is 1. The highest BCUT2D eigenvalue weighted by Gasteiger charge is 2.16. The SMILES string of the molecule is CC(C)(C)NC(=O)c1ccc(O)c(-c2ccccc2)c1. The molecule has 0 aliphatic rings. The van der Waals surface area contributed by atoms with Crippen LogP contribution in [0.3, 0.4) is 0 Å². The number of phenolic OH excluding ortho intramolecular Hbond substituents is 1. The van der Waals surface area contributed by atoms with Crippen LogP contribution in [0.25, 0.3) is 11.1 Å². The summed E-state index contributed by atoms with van der Waals surface area (Å²) in [6.45, 7) is 5.80. The van der Waals surface area contributed by atoms with Crippen LogP contribution in [0.5, 0.6) is 5.75 Å². The number of phenols is 1. The largest absolute Gasteiger partial charge is 0.507 e. The highest BCUT2D eigenvalue weighted by molar-refractivity contribution is 5.96. The van der Waals surface area contributed by atoms with E-state index >= 15 is 0 Å². The van der Waals surface area contributed by atoms with E-state index in [0.717, 1.165) is 5.56 Å². The molecule has 104 valence electrons. The summed E-state index contributed by atoms with van der Waals surface area (Å²) in [5, 5.41) is 12.9. The maximum atomic E-state index is 12.2. The summed E-state index contributed by atoms with van der Waals surface area (Å²) in [4.78, 5) is 12.2. The molecule has 2 aromatic rings. The second-order valence-electron chi connectivity index (χ2n) is 5.80. The molecule has 0 aromatic heterocycles. The molecule has 0 radical (unpaired) electrons. The smallest absolute Gasteiger partial charge is 0.251 e. The summed E-state index contributed by atoms with van der Waals surface area (Å²) < 4.78 is 0. The lowest BCUT2D eigenvalue weighted by Gasteiger charge is -2.20. The van der Waals surface area contributed by atoms with Gasteiger partial charge in [0.25, 0.3) is 5.91 Å². The van der Waals surface area contributed by atoms with E-state index in [1.807, 2.05) is 51.1 Å². The van der Waals surface area contributed by atoms with Crippen molar-refractivity contribution >= 4 is 5.91 Å². The lowest BCUT2D eigenvalue weighted by molar-refractivity contribution is 0.0919. The molecule has 0 spiro atoms. The van der Waals surface area contributed by atoms with Crippen LogP contribution in [0.15, 0.2) is 48.5 Å². The summed E-state index contributed by atoms with van der Waals surface area (Å²) in [6, 6.07) is 14.4. The van der Waals surface area contributed by atoms with Gasteiger partial charge in [-0.05, 0) is 44.5 Å². The number of carbonyl (C=O) groups excluding carboxylic acids is 1. The molecule has 0 heterocycles. The van der Waals surface area contributed by atoms with Gasteiger partial charge >= 0.3 is 0 Å². The Labute approximate surface area is 119 Å². The van der Waals surface area contributed by atoms with Crippen molar-refractivity contribution in [3.63, 3.8) is 0 Å². The quantitative estimate of drug-likeness (QED) is 0.875. The number of carbonyl (C=O) groups is 1. The van der Waals surface area contributed by atoms with Crippen molar-refractivity contribution in [2.24, 2.45) is 0 Å². The summed E-state index contributed by atoms with van der Waals surface area (Å²) in [5.74, 6) is 0.0261. The van der Waals surface area contributed by atoms with Crippen LogP contribution in [0.4, 0.5) is 0 Å². The van der Waals surface area contributed by atoms with Gasteiger partial charge in [-0.3, -0.25) is 4.79 Å². The Morgan fingerprint density at radius 1 is 1.05 bits per heavy atom. The van der Waals surface area contributed by atoms with Gasteiger partial charge < -0.3 is 10.4 Å². The van der Waals surface area contributed by atoms with Gasteiger partial charge in [0.15, 0.2) is 0 Å². The third-order valence-electron chi connectivity index (χ3n) is 2.83. The molecular weight excluding hydrogens is 250 g/mol. The van der Waals surface area contributed by atoms with E-state index in [2.05, 4.69) is 5.32 Å². The Morgan fingerprint density at radius 2 is 1.70 bits per heavy atom. The first-order chi connectivity index (χ1) is 9.37. The van der Waals surface area contributed by atoms with E-state index in [0.29, 0.717) is 11.1 Å². The van der Waals surface area contributed by atoms with E-state index in [-0.39, 0.29) is 17.2 Å². The monoisotopic (exact) mass is 269 g/mol. The van der Waals surface area contributed by atoms with Gasteiger partial charge in [-0.2, -0.15) is 0 Å². The zero-order chi connectivity index (χ0) is 14.8. The van der Waals surface area contributed by atoms with Gasteiger partial charge in [-0.1, -0.05) is 30.3 Å². The second-order valence-corrected chi connectivity index (χ2v) is 5.80. The molecular formula is C17H19NO2. The van der Waals surface area contributed by atoms with Crippen molar-refractivity contribution in [2.75, 3.05) is 0 Å². The molecule has 0 atom stereocenters. The van der Waals surface area contributed by atoms with E-state index < -0.39 is 0 Å². The van der Waals surface area contributed by atoms with E-state index in [1.54, 1.807) is 18.2 Å². The molecule has 0 aliphatic heterocycles. The second kappa shape index (κ2) is 5.37. The Bertz CT molecular complexity index is 613. The van der Waals surface area contributed by atoms with E-state index in [9.17, 15) is 9.90 Å². The predicted octanol–water partition coefficient (Wildman–Crippen LogP) is 3.59. The minimum Gasteiger partial charge on any atom is -0.507 e. The van der Waals surface area contributed by atoms with Crippen LogP contribution >= 0.6 is 0 Å². The minimum absolute atomic E-state index is 0.144. The number of benzene rings is 2. The molecule has 20 heavy (non-hydrogen) atoms. The standard InChI is InChI=1S/C17H19NO2/c1-17(2,3)18-16(20)13-9-10-15(19)14(11-13)12-7-5-4-6-8-12/h4-11,19H,1-3H3,(H,18,20). The number of nitrogens with one attached hydrogen (secondary N) is 1. The molecule has 2 rings (SSSR count). The summed E-state index contributed by atoms with van der Waals surface area (Å²) >= 11 is 0. The minimum atomic E-state index is -0.290. The van der Waals surface area contributed by atoms with Crippen LogP contribution in [-0.4, -0.2) is 16.6 Å². The number of hydrogen-bond donors (Lipinski definition) is 2. The van der Waals surface area contributed by atoms with Gasteiger partial charge in [-0.15, -0.1) is 0 Å². The molecule has 0 fully saturated rings. The Morgan fingerprint density at radius 3 is 2.30 bits per heavy atom. The van der Waals surface area contributed by atoms with Crippen molar-refractivity contribution < 1.29 is 9.90 Å².